The van der Waals surface area contributed by atoms with Gasteiger partial charge in [-0.1, -0.05) is 29.8 Å². The third kappa shape index (κ3) is 4.38. The van der Waals surface area contributed by atoms with E-state index in [4.69, 9.17) is 16.3 Å². The van der Waals surface area contributed by atoms with Crippen molar-refractivity contribution in [2.45, 2.75) is 6.92 Å². The third-order valence-electron chi connectivity index (χ3n) is 4.25. The molecule has 0 aliphatic carbocycles. The molecule has 2 aromatic carbocycles. The van der Waals surface area contributed by atoms with Crippen molar-refractivity contribution in [3.8, 4) is 17.0 Å². The van der Waals surface area contributed by atoms with Gasteiger partial charge in [0.05, 0.1) is 19.0 Å². The molecule has 138 valence electrons. The fourth-order valence-corrected chi connectivity index (χ4v) is 2.87. The highest BCUT2D eigenvalue weighted by molar-refractivity contribution is 6.32. The highest BCUT2D eigenvalue weighted by atomic mass is 35.5. The van der Waals surface area contributed by atoms with Gasteiger partial charge in [0.1, 0.15) is 11.6 Å². The lowest BCUT2D eigenvalue weighted by molar-refractivity contribution is -0.111. The van der Waals surface area contributed by atoms with E-state index >= 15 is 0 Å². The number of halogens is 1. The zero-order chi connectivity index (χ0) is 19.4. The van der Waals surface area contributed by atoms with E-state index in [1.54, 1.807) is 31.5 Å². The number of rotatable bonds is 5. The molecule has 0 saturated heterocycles. The summed E-state index contributed by atoms with van der Waals surface area (Å²) in [5, 5.41) is 3.46. The number of anilines is 1. The van der Waals surface area contributed by atoms with Crippen molar-refractivity contribution in [3.05, 3.63) is 71.1 Å². The molecule has 0 bridgehead atoms. The number of amides is 1. The zero-order valence-electron chi connectivity index (χ0n) is 15.4. The Hall–Kier alpha value is -3.05. The first-order valence-corrected chi connectivity index (χ1v) is 8.77. The summed E-state index contributed by atoms with van der Waals surface area (Å²) in [7, 11) is 3.54. The summed E-state index contributed by atoms with van der Waals surface area (Å²) in [5.74, 6) is 1.30. The van der Waals surface area contributed by atoms with Crippen LogP contribution in [0.5, 0.6) is 5.75 Å². The second-order valence-electron chi connectivity index (χ2n) is 6.04. The van der Waals surface area contributed by atoms with Crippen molar-refractivity contribution in [2.75, 3.05) is 12.4 Å². The average molecular weight is 382 g/mol. The summed E-state index contributed by atoms with van der Waals surface area (Å²) in [6.07, 6.45) is 4.94. The number of imidazole rings is 1. The Morgan fingerprint density at radius 3 is 2.70 bits per heavy atom. The molecule has 3 rings (SSSR count). The van der Waals surface area contributed by atoms with E-state index in [9.17, 15) is 4.79 Å². The highest BCUT2D eigenvalue weighted by Crippen LogP contribution is 2.29. The number of ether oxygens (including phenoxy) is 1. The van der Waals surface area contributed by atoms with Gasteiger partial charge in [-0.2, -0.15) is 0 Å². The van der Waals surface area contributed by atoms with Gasteiger partial charge in [0.2, 0.25) is 5.91 Å². The molecule has 0 aliphatic heterocycles. The minimum absolute atomic E-state index is 0.254. The molecule has 3 aromatic rings. The number of benzene rings is 2. The van der Waals surface area contributed by atoms with Crippen LogP contribution >= 0.6 is 11.6 Å². The smallest absolute Gasteiger partial charge is 0.248 e. The van der Waals surface area contributed by atoms with E-state index in [1.807, 2.05) is 48.9 Å². The Kier molecular flexibility index (Phi) is 5.62. The largest absolute Gasteiger partial charge is 0.497 e. The fraction of sp³-hybridized carbons (Fsp3) is 0.143. The van der Waals surface area contributed by atoms with Crippen molar-refractivity contribution in [1.29, 1.82) is 0 Å². The molecule has 1 amide bonds. The van der Waals surface area contributed by atoms with E-state index in [1.165, 1.54) is 6.08 Å². The number of hydrogen-bond acceptors (Lipinski definition) is 3. The third-order valence-corrected chi connectivity index (χ3v) is 4.59. The molecule has 0 atom stereocenters. The van der Waals surface area contributed by atoms with Crippen LogP contribution in [0.15, 0.2) is 54.7 Å². The predicted molar refractivity (Wildman–Crippen MR) is 109 cm³/mol. The van der Waals surface area contributed by atoms with Gasteiger partial charge >= 0.3 is 0 Å². The van der Waals surface area contributed by atoms with E-state index < -0.39 is 0 Å². The lowest BCUT2D eigenvalue weighted by Gasteiger charge is -2.10. The van der Waals surface area contributed by atoms with Gasteiger partial charge in [0, 0.05) is 35.5 Å². The Morgan fingerprint density at radius 2 is 2.04 bits per heavy atom. The highest BCUT2D eigenvalue weighted by Gasteiger charge is 2.10. The van der Waals surface area contributed by atoms with Gasteiger partial charge in [0.25, 0.3) is 0 Å². The van der Waals surface area contributed by atoms with Gasteiger partial charge in [-0.05, 0) is 36.8 Å². The van der Waals surface area contributed by atoms with E-state index in [-0.39, 0.29) is 5.91 Å². The molecule has 0 radical (unpaired) electrons. The number of aromatic nitrogens is 2. The van der Waals surface area contributed by atoms with Crippen molar-refractivity contribution >= 4 is 29.3 Å². The summed E-state index contributed by atoms with van der Waals surface area (Å²) >= 11 is 6.11. The molecule has 0 saturated carbocycles. The van der Waals surface area contributed by atoms with Crippen LogP contribution in [0.3, 0.4) is 0 Å². The molecule has 1 heterocycles. The van der Waals surface area contributed by atoms with Crippen LogP contribution in [0, 0.1) is 6.92 Å². The van der Waals surface area contributed by atoms with Crippen molar-refractivity contribution in [2.24, 2.45) is 7.05 Å². The van der Waals surface area contributed by atoms with Crippen molar-refractivity contribution in [3.63, 3.8) is 0 Å². The monoisotopic (exact) mass is 381 g/mol. The van der Waals surface area contributed by atoms with E-state index in [0.29, 0.717) is 16.5 Å². The van der Waals surface area contributed by atoms with Gasteiger partial charge in [-0.25, -0.2) is 4.98 Å². The van der Waals surface area contributed by atoms with Crippen LogP contribution in [0.1, 0.15) is 11.4 Å². The minimum atomic E-state index is -0.254. The van der Waals surface area contributed by atoms with E-state index in [0.717, 1.165) is 22.6 Å². The normalized spacial score (nSPS) is 11.0. The first-order chi connectivity index (χ1) is 13.0. The van der Waals surface area contributed by atoms with Gasteiger partial charge in [0.15, 0.2) is 0 Å². The second kappa shape index (κ2) is 8.10. The molecular formula is C21H20ClN3O2. The summed E-state index contributed by atoms with van der Waals surface area (Å²) < 4.78 is 7.36. The standard InChI is InChI=1S/C21H20ClN3O2/c1-14-23-13-20(25(14)2)16-10-17(12-18(11-16)27-3)24-21(26)9-8-15-6-4-5-7-19(15)22/h4-13H,1-3H3,(H,24,26)/b9-8+. The molecule has 0 aliphatic rings. The molecule has 1 N–H and O–H groups in total. The number of nitrogens with zero attached hydrogens (tertiary/aromatic N) is 2. The lowest BCUT2D eigenvalue weighted by atomic mass is 10.1. The Morgan fingerprint density at radius 1 is 1.26 bits per heavy atom. The maximum absolute atomic E-state index is 12.3. The lowest BCUT2D eigenvalue weighted by Crippen LogP contribution is -2.08. The number of methoxy groups -OCH3 is 1. The number of hydrogen-bond donors (Lipinski definition) is 1. The molecule has 0 unspecified atom stereocenters. The minimum Gasteiger partial charge on any atom is -0.497 e. The maximum Gasteiger partial charge on any atom is 0.248 e. The Labute approximate surface area is 163 Å². The molecule has 6 heteroatoms. The summed E-state index contributed by atoms with van der Waals surface area (Å²) in [6.45, 7) is 1.94. The average Bonchev–Trinajstić information content (AvgIpc) is 2.99. The quantitative estimate of drug-likeness (QED) is 0.651. The van der Waals surface area contributed by atoms with Crippen LogP contribution in [-0.2, 0) is 11.8 Å². The SMILES string of the molecule is COc1cc(NC(=O)/C=C/c2ccccc2Cl)cc(-c2cnc(C)n2C)c1. The molecule has 5 nitrogen and oxygen atoms in total. The van der Waals surface area contributed by atoms with Crippen LogP contribution < -0.4 is 10.1 Å². The van der Waals surface area contributed by atoms with E-state index in [2.05, 4.69) is 10.3 Å². The van der Waals surface area contributed by atoms with Crippen LogP contribution in [0.2, 0.25) is 5.02 Å². The summed E-state index contributed by atoms with van der Waals surface area (Å²) in [6, 6.07) is 12.9. The van der Waals surface area contributed by atoms with Crippen LogP contribution in [0.4, 0.5) is 5.69 Å². The zero-order valence-corrected chi connectivity index (χ0v) is 16.1. The molecule has 27 heavy (non-hydrogen) atoms. The Balaban J connectivity index is 1.84. The maximum atomic E-state index is 12.3. The van der Waals surface area contributed by atoms with Gasteiger partial charge in [-0.3, -0.25) is 4.79 Å². The molecule has 1 aromatic heterocycles. The van der Waals surface area contributed by atoms with Crippen molar-refractivity contribution in [1.82, 2.24) is 9.55 Å². The van der Waals surface area contributed by atoms with Crippen molar-refractivity contribution < 1.29 is 9.53 Å². The Bertz CT molecular complexity index is 1010. The second-order valence-corrected chi connectivity index (χ2v) is 6.45. The summed E-state index contributed by atoms with van der Waals surface area (Å²) in [4.78, 5) is 16.6. The molecule has 0 spiro atoms. The number of carbonyl (C=O) groups is 1. The molecular weight excluding hydrogens is 362 g/mol. The fourth-order valence-electron chi connectivity index (χ4n) is 2.67. The van der Waals surface area contributed by atoms with Crippen LogP contribution in [0.25, 0.3) is 17.3 Å². The van der Waals surface area contributed by atoms with Gasteiger partial charge < -0.3 is 14.6 Å². The predicted octanol–water partition coefficient (Wildman–Crippen LogP) is 4.71. The topological polar surface area (TPSA) is 56.1 Å². The number of carbonyl (C=O) groups excluding carboxylic acids is 1. The first kappa shape index (κ1) is 18.7. The number of nitrogens with one attached hydrogen (secondary N) is 1. The van der Waals surface area contributed by atoms with Gasteiger partial charge in [-0.15, -0.1) is 0 Å². The number of aryl methyl sites for hydroxylation is 1. The summed E-state index contributed by atoms with van der Waals surface area (Å²) in [5.41, 5.74) is 3.26. The molecule has 0 fully saturated rings. The van der Waals surface area contributed by atoms with Crippen LogP contribution in [-0.4, -0.2) is 22.6 Å². The first-order valence-electron chi connectivity index (χ1n) is 8.39.